The first kappa shape index (κ1) is 20.0. The highest BCUT2D eigenvalue weighted by molar-refractivity contribution is 7.98. The summed E-state index contributed by atoms with van der Waals surface area (Å²) in [6.07, 6.45) is 5.08. The zero-order valence-corrected chi connectivity index (χ0v) is 17.0. The number of benzene rings is 1. The minimum absolute atomic E-state index is 0.0883. The number of thioether (sulfide) groups is 1. The van der Waals surface area contributed by atoms with E-state index in [9.17, 15) is 15.8 Å². The monoisotopic (exact) mass is 389 g/mol. The Bertz CT molecular complexity index is 925. The number of hydrogen-bond donors (Lipinski definition) is 1. The van der Waals surface area contributed by atoms with E-state index in [2.05, 4.69) is 36.1 Å². The first-order valence-corrected chi connectivity index (χ1v) is 10.6. The fourth-order valence-corrected chi connectivity index (χ4v) is 4.83. The van der Waals surface area contributed by atoms with Gasteiger partial charge in [0.05, 0.1) is 23.4 Å². The Kier molecular flexibility index (Phi) is 5.80. The molecule has 2 aliphatic rings. The van der Waals surface area contributed by atoms with Gasteiger partial charge in [-0.05, 0) is 42.5 Å². The van der Waals surface area contributed by atoms with Crippen LogP contribution < -0.4 is 5.73 Å². The van der Waals surface area contributed by atoms with Gasteiger partial charge in [-0.15, -0.1) is 11.8 Å². The van der Waals surface area contributed by atoms with Crippen molar-refractivity contribution in [3.8, 4) is 18.2 Å². The van der Waals surface area contributed by atoms with Crippen LogP contribution in [0.1, 0.15) is 24.8 Å². The molecule has 0 fully saturated rings. The highest BCUT2D eigenvalue weighted by Crippen LogP contribution is 2.54. The first-order chi connectivity index (χ1) is 13.6. The fourth-order valence-electron chi connectivity index (χ4n) is 4.43. The molecule has 0 radical (unpaired) electrons. The van der Waals surface area contributed by atoms with Crippen molar-refractivity contribution in [2.45, 2.75) is 24.2 Å². The van der Waals surface area contributed by atoms with E-state index in [1.54, 1.807) is 11.8 Å². The lowest BCUT2D eigenvalue weighted by atomic mass is 9.58. The van der Waals surface area contributed by atoms with Crippen molar-refractivity contribution in [1.29, 1.82) is 15.8 Å². The molecule has 0 unspecified atom stereocenters. The molecule has 0 aromatic heterocycles. The maximum Gasteiger partial charge on any atom is 0.191 e. The minimum Gasteiger partial charge on any atom is -0.399 e. The van der Waals surface area contributed by atoms with Crippen LogP contribution in [0.3, 0.4) is 0 Å². The lowest BCUT2D eigenvalue weighted by molar-refractivity contribution is 0.207. The molecule has 2 atom stereocenters. The van der Waals surface area contributed by atoms with Gasteiger partial charge in [-0.25, -0.2) is 0 Å². The quantitative estimate of drug-likeness (QED) is 0.791. The molecule has 6 heteroatoms. The number of hydrogen-bond acceptors (Lipinski definition) is 6. The van der Waals surface area contributed by atoms with Crippen LogP contribution in [0, 0.1) is 45.3 Å². The van der Waals surface area contributed by atoms with E-state index in [4.69, 9.17) is 5.73 Å². The average Bonchev–Trinajstić information content (AvgIpc) is 2.73. The van der Waals surface area contributed by atoms with Gasteiger partial charge in [-0.1, -0.05) is 25.1 Å². The van der Waals surface area contributed by atoms with E-state index in [1.165, 1.54) is 0 Å². The highest BCUT2D eigenvalue weighted by Gasteiger charge is 2.54. The zero-order chi connectivity index (χ0) is 20.3. The molecule has 0 saturated heterocycles. The molecule has 1 heterocycles. The molecular formula is C22H23N5S. The van der Waals surface area contributed by atoms with Crippen molar-refractivity contribution < 1.29 is 0 Å². The molecule has 1 aromatic carbocycles. The number of nitrogens with zero attached hydrogens (tertiary/aromatic N) is 4. The normalized spacial score (nSPS) is 23.8. The van der Waals surface area contributed by atoms with E-state index in [1.807, 2.05) is 30.5 Å². The highest BCUT2D eigenvalue weighted by atomic mass is 32.2. The fraction of sp³-hybridized carbons (Fsp3) is 0.409. The molecule has 3 rings (SSSR count). The van der Waals surface area contributed by atoms with E-state index >= 15 is 0 Å². The second-order valence-electron chi connectivity index (χ2n) is 7.21. The summed E-state index contributed by atoms with van der Waals surface area (Å²) in [5.41, 5.74) is 6.96. The van der Waals surface area contributed by atoms with Gasteiger partial charge in [-0.2, -0.15) is 15.8 Å². The van der Waals surface area contributed by atoms with E-state index in [-0.39, 0.29) is 11.6 Å². The Morgan fingerprint density at radius 1 is 1.21 bits per heavy atom. The molecule has 0 spiro atoms. The number of nitrogens with two attached hydrogens (primary N) is 1. The summed E-state index contributed by atoms with van der Waals surface area (Å²) >= 11 is 1.64. The predicted molar refractivity (Wildman–Crippen MR) is 110 cm³/mol. The Balaban J connectivity index is 2.23. The van der Waals surface area contributed by atoms with Gasteiger partial charge in [0.15, 0.2) is 5.41 Å². The van der Waals surface area contributed by atoms with Gasteiger partial charge in [-0.3, -0.25) is 4.90 Å². The molecule has 28 heavy (non-hydrogen) atoms. The first-order valence-electron chi connectivity index (χ1n) is 9.35. The number of fused-ring (bicyclic) bond motifs is 1. The second-order valence-corrected chi connectivity index (χ2v) is 8.09. The van der Waals surface area contributed by atoms with Gasteiger partial charge in [0, 0.05) is 29.8 Å². The van der Waals surface area contributed by atoms with Crippen molar-refractivity contribution >= 4 is 11.8 Å². The summed E-state index contributed by atoms with van der Waals surface area (Å²) in [6, 6.07) is 14.6. The van der Waals surface area contributed by atoms with Crippen LogP contribution in [0.15, 0.2) is 52.1 Å². The van der Waals surface area contributed by atoms with Crippen LogP contribution in [0.2, 0.25) is 0 Å². The van der Waals surface area contributed by atoms with Crippen LogP contribution in [-0.4, -0.2) is 30.8 Å². The van der Waals surface area contributed by atoms with Crippen LogP contribution >= 0.6 is 11.8 Å². The standard InChI is InChI=1S/C22H23N5S/c1-3-9-27-10-8-17-18(11-23)21(26)22(13-24,14-25)20(19(17)12-27)15-4-6-16(28-2)7-5-15/h4-8,19-20H,3,9-10,12,26H2,1-2H3/t19-,20-/m1/s1. The second kappa shape index (κ2) is 8.11. The molecule has 1 aliphatic heterocycles. The van der Waals surface area contributed by atoms with Crippen LogP contribution in [0.5, 0.6) is 0 Å². The molecule has 1 aromatic rings. The van der Waals surface area contributed by atoms with Crippen molar-refractivity contribution in [2.75, 3.05) is 25.9 Å². The summed E-state index contributed by atoms with van der Waals surface area (Å²) < 4.78 is 0. The molecule has 0 saturated carbocycles. The van der Waals surface area contributed by atoms with Crippen molar-refractivity contribution in [2.24, 2.45) is 17.1 Å². The summed E-state index contributed by atoms with van der Waals surface area (Å²) in [5.74, 6) is -0.539. The third kappa shape index (κ3) is 3.08. The van der Waals surface area contributed by atoms with Crippen molar-refractivity contribution in [1.82, 2.24) is 4.90 Å². The molecule has 1 aliphatic carbocycles. The van der Waals surface area contributed by atoms with E-state index < -0.39 is 11.3 Å². The van der Waals surface area contributed by atoms with Gasteiger partial charge in [0.25, 0.3) is 0 Å². The van der Waals surface area contributed by atoms with Crippen molar-refractivity contribution in [3.05, 3.63) is 52.7 Å². The third-order valence-corrected chi connectivity index (χ3v) is 6.50. The molecular weight excluding hydrogens is 366 g/mol. The molecule has 0 amide bonds. The maximum absolute atomic E-state index is 10.1. The summed E-state index contributed by atoms with van der Waals surface area (Å²) in [6.45, 7) is 4.53. The number of nitriles is 3. The largest absolute Gasteiger partial charge is 0.399 e. The maximum atomic E-state index is 10.1. The lowest BCUT2D eigenvalue weighted by Crippen LogP contribution is -2.48. The van der Waals surface area contributed by atoms with Crippen LogP contribution in [0.4, 0.5) is 0 Å². The van der Waals surface area contributed by atoms with E-state index in [0.29, 0.717) is 12.1 Å². The molecule has 2 N–H and O–H groups in total. The van der Waals surface area contributed by atoms with Gasteiger partial charge >= 0.3 is 0 Å². The topological polar surface area (TPSA) is 101 Å². The average molecular weight is 390 g/mol. The molecule has 0 bridgehead atoms. The lowest BCUT2D eigenvalue weighted by Gasteiger charge is -2.45. The third-order valence-electron chi connectivity index (χ3n) is 5.75. The van der Waals surface area contributed by atoms with Gasteiger partial charge in [0.2, 0.25) is 0 Å². The van der Waals surface area contributed by atoms with Crippen molar-refractivity contribution in [3.63, 3.8) is 0 Å². The Morgan fingerprint density at radius 2 is 1.89 bits per heavy atom. The molecule has 142 valence electrons. The minimum atomic E-state index is -1.55. The SMILES string of the molecule is CCCN1CC=C2C(C#N)=C(N)C(C#N)(C#N)[C@H](c3ccc(SC)cc3)[C@@H]2C1. The predicted octanol–water partition coefficient (Wildman–Crippen LogP) is 3.54. The smallest absolute Gasteiger partial charge is 0.191 e. The van der Waals surface area contributed by atoms with Gasteiger partial charge in [0.1, 0.15) is 6.07 Å². The summed E-state index contributed by atoms with van der Waals surface area (Å²) in [4.78, 5) is 3.43. The Labute approximate surface area is 170 Å². The Morgan fingerprint density at radius 3 is 2.43 bits per heavy atom. The molecule has 5 nitrogen and oxygen atoms in total. The van der Waals surface area contributed by atoms with Gasteiger partial charge < -0.3 is 5.73 Å². The number of allylic oxidation sites excluding steroid dienone is 2. The summed E-state index contributed by atoms with van der Waals surface area (Å²) in [5, 5.41) is 29.9. The number of rotatable bonds is 4. The van der Waals surface area contributed by atoms with Crippen LogP contribution in [0.25, 0.3) is 0 Å². The zero-order valence-electron chi connectivity index (χ0n) is 16.1. The Hall–Kier alpha value is -2.72. The van der Waals surface area contributed by atoms with Crippen LogP contribution in [-0.2, 0) is 0 Å². The van der Waals surface area contributed by atoms with E-state index in [0.717, 1.165) is 35.5 Å². The summed E-state index contributed by atoms with van der Waals surface area (Å²) in [7, 11) is 0.